The number of hydrogen-bond acceptors (Lipinski definition) is 2. The molecule has 0 aromatic carbocycles. The number of fused-ring (bicyclic) bond motifs is 1. The molecule has 3 heteroatoms. The van der Waals surface area contributed by atoms with Crippen molar-refractivity contribution in [3.05, 3.63) is 17.5 Å². The molecule has 0 bridgehead atoms. The highest BCUT2D eigenvalue weighted by Gasteiger charge is 2.47. The lowest BCUT2D eigenvalue weighted by Gasteiger charge is -2.26. The van der Waals surface area contributed by atoms with Crippen molar-refractivity contribution < 1.29 is 0 Å². The monoisotopic (exact) mass is 289 g/mol. The van der Waals surface area contributed by atoms with Gasteiger partial charge in [-0.1, -0.05) is 13.8 Å². The van der Waals surface area contributed by atoms with Gasteiger partial charge in [-0.25, -0.2) is 0 Å². The lowest BCUT2D eigenvalue weighted by molar-refractivity contribution is 0.327. The summed E-state index contributed by atoms with van der Waals surface area (Å²) in [6.45, 7) is 8.81. The second-order valence-corrected chi connectivity index (χ2v) is 7.05. The molecule has 0 radical (unpaired) electrons. The number of aromatic nitrogens is 2. The summed E-state index contributed by atoms with van der Waals surface area (Å²) in [7, 11) is 0. The van der Waals surface area contributed by atoms with Crippen LogP contribution in [0.2, 0.25) is 0 Å². The Bertz CT molecular complexity index is 455. The third kappa shape index (κ3) is 3.33. The highest BCUT2D eigenvalue weighted by atomic mass is 15.3. The molecule has 2 saturated carbocycles. The molecule has 1 aromatic rings. The van der Waals surface area contributed by atoms with Gasteiger partial charge >= 0.3 is 0 Å². The topological polar surface area (TPSA) is 29.9 Å². The van der Waals surface area contributed by atoms with Crippen molar-refractivity contribution in [1.29, 1.82) is 0 Å². The Kier molecular flexibility index (Phi) is 4.68. The van der Waals surface area contributed by atoms with Crippen molar-refractivity contribution in [1.82, 2.24) is 15.1 Å². The Morgan fingerprint density at radius 2 is 2.00 bits per heavy atom. The fourth-order valence-corrected chi connectivity index (χ4v) is 4.18. The highest BCUT2D eigenvalue weighted by Crippen LogP contribution is 2.55. The maximum absolute atomic E-state index is 4.72. The first kappa shape index (κ1) is 15.1. The van der Waals surface area contributed by atoms with Gasteiger partial charge in [-0.15, -0.1) is 0 Å². The predicted molar refractivity (Wildman–Crippen MR) is 87.4 cm³/mol. The van der Waals surface area contributed by atoms with E-state index >= 15 is 0 Å². The summed E-state index contributed by atoms with van der Waals surface area (Å²) in [5, 5.41) is 8.56. The van der Waals surface area contributed by atoms with Crippen LogP contribution in [0.25, 0.3) is 0 Å². The average Bonchev–Trinajstić information content (AvgIpc) is 2.95. The average molecular weight is 289 g/mol. The van der Waals surface area contributed by atoms with E-state index in [-0.39, 0.29) is 0 Å². The van der Waals surface area contributed by atoms with E-state index < -0.39 is 0 Å². The normalized spacial score (nSPS) is 28.6. The number of nitrogens with one attached hydrogen (secondary N) is 1. The summed E-state index contributed by atoms with van der Waals surface area (Å²) in [6.07, 6.45) is 7.87. The zero-order valence-electron chi connectivity index (χ0n) is 13.9. The van der Waals surface area contributed by atoms with Crippen molar-refractivity contribution in [2.75, 3.05) is 6.54 Å². The largest absolute Gasteiger partial charge is 0.313 e. The van der Waals surface area contributed by atoms with Gasteiger partial charge in [0.25, 0.3) is 0 Å². The van der Waals surface area contributed by atoms with Gasteiger partial charge in [0.15, 0.2) is 0 Å². The molecule has 118 valence electrons. The lowest BCUT2D eigenvalue weighted by atomic mass is 9.91. The Labute approximate surface area is 129 Å². The first-order valence-corrected chi connectivity index (χ1v) is 9.04. The summed E-state index contributed by atoms with van der Waals surface area (Å²) in [6, 6.07) is 2.99. The molecule has 3 nitrogen and oxygen atoms in total. The number of nitrogens with zero attached hydrogens (tertiary/aromatic N) is 2. The van der Waals surface area contributed by atoms with E-state index in [1.54, 1.807) is 0 Å². The second kappa shape index (κ2) is 6.51. The van der Waals surface area contributed by atoms with Crippen LogP contribution in [0.4, 0.5) is 0 Å². The predicted octanol–water partition coefficient (Wildman–Crippen LogP) is 3.42. The van der Waals surface area contributed by atoms with E-state index in [1.807, 2.05) is 0 Å². The van der Waals surface area contributed by atoms with Gasteiger partial charge in [0.05, 0.1) is 5.69 Å². The smallest absolute Gasteiger partial charge is 0.0624 e. The zero-order valence-corrected chi connectivity index (χ0v) is 13.9. The Morgan fingerprint density at radius 1 is 1.24 bits per heavy atom. The van der Waals surface area contributed by atoms with Gasteiger partial charge < -0.3 is 5.32 Å². The van der Waals surface area contributed by atoms with Crippen LogP contribution >= 0.6 is 0 Å². The maximum Gasteiger partial charge on any atom is 0.0624 e. The maximum atomic E-state index is 4.72. The SMILES string of the molecule is CCCNC(Cc1cc(CC)nn1CC)C1CC2CC2C1. The molecule has 1 N–H and O–H groups in total. The minimum Gasteiger partial charge on any atom is -0.313 e. The van der Waals surface area contributed by atoms with Gasteiger partial charge in [0.2, 0.25) is 0 Å². The molecular formula is C18H31N3. The van der Waals surface area contributed by atoms with Gasteiger partial charge in [0, 0.05) is 24.7 Å². The van der Waals surface area contributed by atoms with Crippen LogP contribution < -0.4 is 5.32 Å². The summed E-state index contributed by atoms with van der Waals surface area (Å²) < 4.78 is 2.22. The molecule has 3 unspecified atom stereocenters. The number of aryl methyl sites for hydroxylation is 2. The molecular weight excluding hydrogens is 258 g/mol. The van der Waals surface area contributed by atoms with Gasteiger partial charge in [0.1, 0.15) is 0 Å². The Hall–Kier alpha value is -0.830. The molecule has 0 aliphatic heterocycles. The zero-order chi connectivity index (χ0) is 14.8. The summed E-state index contributed by atoms with van der Waals surface area (Å²) in [5.41, 5.74) is 2.68. The fourth-order valence-electron chi connectivity index (χ4n) is 4.18. The van der Waals surface area contributed by atoms with Crippen molar-refractivity contribution >= 4 is 0 Å². The first-order valence-electron chi connectivity index (χ1n) is 9.04. The standard InChI is InChI=1S/C18H31N3/c1-4-7-19-18(15-9-13-8-14(13)10-15)12-17-11-16(5-2)20-21(17)6-3/h11,13-15,18-19H,4-10,12H2,1-3H3. The highest BCUT2D eigenvalue weighted by molar-refractivity contribution is 5.13. The van der Waals surface area contributed by atoms with Crippen molar-refractivity contribution in [2.24, 2.45) is 17.8 Å². The third-order valence-corrected chi connectivity index (χ3v) is 5.51. The second-order valence-electron chi connectivity index (χ2n) is 7.05. The van der Waals surface area contributed by atoms with Gasteiger partial charge in [-0.05, 0) is 69.4 Å². The van der Waals surface area contributed by atoms with Crippen LogP contribution in [-0.2, 0) is 19.4 Å². The molecule has 21 heavy (non-hydrogen) atoms. The molecule has 3 rings (SSSR count). The van der Waals surface area contributed by atoms with Crippen LogP contribution in [0.1, 0.15) is 57.8 Å². The molecule has 0 spiro atoms. The molecule has 3 atom stereocenters. The number of rotatable bonds is 8. The third-order valence-electron chi connectivity index (χ3n) is 5.51. The summed E-state index contributed by atoms with van der Waals surface area (Å²) in [5.74, 6) is 3.04. The van der Waals surface area contributed by atoms with Gasteiger partial charge in [-0.3, -0.25) is 4.68 Å². The van der Waals surface area contributed by atoms with Crippen molar-refractivity contribution in [3.63, 3.8) is 0 Å². The molecule has 2 aliphatic rings. The van der Waals surface area contributed by atoms with E-state index in [0.717, 1.165) is 43.7 Å². The molecule has 2 fully saturated rings. The van der Waals surface area contributed by atoms with Crippen LogP contribution in [-0.4, -0.2) is 22.4 Å². The van der Waals surface area contributed by atoms with Crippen LogP contribution in [0.15, 0.2) is 6.07 Å². The quantitative estimate of drug-likeness (QED) is 0.794. The Balaban J connectivity index is 1.69. The minimum absolute atomic E-state index is 0.657. The summed E-state index contributed by atoms with van der Waals surface area (Å²) >= 11 is 0. The Morgan fingerprint density at radius 3 is 2.62 bits per heavy atom. The number of hydrogen-bond donors (Lipinski definition) is 1. The molecule has 1 aromatic heterocycles. The van der Waals surface area contributed by atoms with Crippen LogP contribution in [0.5, 0.6) is 0 Å². The summed E-state index contributed by atoms with van der Waals surface area (Å²) in [4.78, 5) is 0. The molecule has 1 heterocycles. The molecule has 2 aliphatic carbocycles. The van der Waals surface area contributed by atoms with Crippen molar-refractivity contribution in [2.45, 2.75) is 71.9 Å². The van der Waals surface area contributed by atoms with E-state index in [4.69, 9.17) is 5.10 Å². The lowest BCUT2D eigenvalue weighted by Crippen LogP contribution is -2.38. The van der Waals surface area contributed by atoms with Gasteiger partial charge in [-0.2, -0.15) is 5.10 Å². The fraction of sp³-hybridized carbons (Fsp3) is 0.833. The van der Waals surface area contributed by atoms with E-state index in [9.17, 15) is 0 Å². The van der Waals surface area contributed by atoms with E-state index in [1.165, 1.54) is 37.1 Å². The molecule has 0 amide bonds. The molecule has 0 saturated heterocycles. The van der Waals surface area contributed by atoms with Crippen molar-refractivity contribution in [3.8, 4) is 0 Å². The van der Waals surface area contributed by atoms with E-state index in [2.05, 4.69) is 36.8 Å². The minimum atomic E-state index is 0.657. The van der Waals surface area contributed by atoms with E-state index in [0.29, 0.717) is 6.04 Å². The van der Waals surface area contributed by atoms with Crippen LogP contribution in [0, 0.1) is 17.8 Å². The first-order chi connectivity index (χ1) is 10.2. The van der Waals surface area contributed by atoms with Crippen LogP contribution in [0.3, 0.4) is 0 Å².